The van der Waals surface area contributed by atoms with Crippen molar-refractivity contribution in [2.24, 2.45) is 23.2 Å². The zero-order chi connectivity index (χ0) is 24.2. The van der Waals surface area contributed by atoms with E-state index in [0.717, 1.165) is 43.5 Å². The van der Waals surface area contributed by atoms with E-state index in [1.807, 2.05) is 0 Å². The normalized spacial score (nSPS) is 34.5. The molecular formula is C32H41NO3. The van der Waals surface area contributed by atoms with E-state index in [9.17, 15) is 0 Å². The number of likely N-dealkylation sites (tertiary alicyclic amines) is 1. The van der Waals surface area contributed by atoms with Crippen LogP contribution in [0.5, 0.6) is 11.5 Å². The summed E-state index contributed by atoms with van der Waals surface area (Å²) in [6.45, 7) is 5.46. The molecule has 8 rings (SSSR count). The number of piperidine rings is 1. The Bertz CT molecular complexity index is 1080. The lowest BCUT2D eigenvalue weighted by Crippen LogP contribution is -2.72. The molecule has 6 aliphatic rings. The largest absolute Gasteiger partial charge is 0.493 e. The molecule has 5 unspecified atom stereocenters. The summed E-state index contributed by atoms with van der Waals surface area (Å²) in [4.78, 5) is 2.83. The fraction of sp³-hybridized carbons (Fsp3) is 0.625. The van der Waals surface area contributed by atoms with Crippen LogP contribution in [0.3, 0.4) is 0 Å². The summed E-state index contributed by atoms with van der Waals surface area (Å²) >= 11 is 0. The van der Waals surface area contributed by atoms with Crippen molar-refractivity contribution in [2.45, 2.75) is 62.9 Å². The molecule has 4 saturated carbocycles. The van der Waals surface area contributed by atoms with Crippen molar-refractivity contribution in [3.05, 3.63) is 59.7 Å². The molecule has 1 saturated heterocycles. The number of nitrogens with zero attached hydrogens (tertiary/aromatic N) is 1. The Kier molecular flexibility index (Phi) is 5.81. The lowest BCUT2D eigenvalue weighted by Gasteiger charge is -2.67. The van der Waals surface area contributed by atoms with Gasteiger partial charge in [-0.05, 0) is 87.3 Å². The van der Waals surface area contributed by atoms with Crippen LogP contribution < -0.4 is 9.47 Å². The van der Waals surface area contributed by atoms with Crippen LogP contribution in [0.4, 0.5) is 0 Å². The van der Waals surface area contributed by atoms with Gasteiger partial charge in [-0.3, -0.25) is 0 Å². The average Bonchev–Trinajstić information content (AvgIpc) is 3.66. The van der Waals surface area contributed by atoms with Crippen LogP contribution in [0.25, 0.3) is 0 Å². The molecule has 192 valence electrons. The summed E-state index contributed by atoms with van der Waals surface area (Å²) in [6, 6.07) is 17.5. The van der Waals surface area contributed by atoms with E-state index in [2.05, 4.69) is 53.4 Å². The maximum Gasteiger partial charge on any atom is 0.165 e. The Labute approximate surface area is 216 Å². The molecule has 2 aromatic rings. The maximum atomic E-state index is 6.91. The van der Waals surface area contributed by atoms with Gasteiger partial charge in [0.25, 0.3) is 0 Å². The molecule has 36 heavy (non-hydrogen) atoms. The van der Waals surface area contributed by atoms with Crippen LogP contribution in [-0.4, -0.2) is 51.0 Å². The van der Waals surface area contributed by atoms with Gasteiger partial charge in [-0.25, -0.2) is 0 Å². The molecule has 0 aromatic heterocycles. The molecule has 5 fully saturated rings. The Morgan fingerprint density at radius 2 is 1.92 bits per heavy atom. The molecular weight excluding hydrogens is 446 g/mol. The second-order valence-corrected chi connectivity index (χ2v) is 12.3. The first-order valence-corrected chi connectivity index (χ1v) is 14.4. The maximum absolute atomic E-state index is 6.91. The first-order chi connectivity index (χ1) is 17.7. The van der Waals surface area contributed by atoms with E-state index < -0.39 is 0 Å². The molecule has 5 atom stereocenters. The molecule has 2 aliphatic heterocycles. The second kappa shape index (κ2) is 9.06. The smallest absolute Gasteiger partial charge is 0.165 e. The van der Waals surface area contributed by atoms with Gasteiger partial charge in [-0.2, -0.15) is 0 Å². The van der Waals surface area contributed by atoms with Crippen LogP contribution in [0, 0.1) is 23.2 Å². The van der Waals surface area contributed by atoms with Crippen LogP contribution in [0.2, 0.25) is 0 Å². The van der Waals surface area contributed by atoms with E-state index in [4.69, 9.17) is 14.2 Å². The summed E-state index contributed by atoms with van der Waals surface area (Å²) in [5.74, 6) is 4.12. The van der Waals surface area contributed by atoms with Gasteiger partial charge in [-0.1, -0.05) is 42.5 Å². The van der Waals surface area contributed by atoms with Gasteiger partial charge >= 0.3 is 0 Å². The summed E-state index contributed by atoms with van der Waals surface area (Å²) in [5.41, 5.74) is 3.19. The highest BCUT2D eigenvalue weighted by Gasteiger charge is 2.72. The van der Waals surface area contributed by atoms with Crippen molar-refractivity contribution in [1.82, 2.24) is 4.90 Å². The average molecular weight is 488 g/mol. The van der Waals surface area contributed by atoms with E-state index in [1.165, 1.54) is 69.3 Å². The molecule has 2 spiro atoms. The third kappa shape index (κ3) is 3.55. The fourth-order valence-corrected chi connectivity index (χ4v) is 8.78. The van der Waals surface area contributed by atoms with Crippen LogP contribution in [-0.2, 0) is 16.6 Å². The van der Waals surface area contributed by atoms with Crippen LogP contribution >= 0.6 is 0 Å². The Balaban J connectivity index is 1.16. The lowest BCUT2D eigenvalue weighted by atomic mass is 9.39. The van der Waals surface area contributed by atoms with E-state index in [-0.39, 0.29) is 10.8 Å². The van der Waals surface area contributed by atoms with Crippen LogP contribution in [0.1, 0.15) is 56.1 Å². The van der Waals surface area contributed by atoms with Gasteiger partial charge in [-0.15, -0.1) is 0 Å². The number of benzene rings is 2. The first kappa shape index (κ1) is 23.1. The minimum absolute atomic E-state index is 0.107. The highest BCUT2D eigenvalue weighted by Crippen LogP contribution is 2.71. The summed E-state index contributed by atoms with van der Waals surface area (Å²) in [7, 11) is 1.79. The molecule has 2 bridgehead atoms. The lowest BCUT2D eigenvalue weighted by molar-refractivity contribution is -0.190. The third-order valence-corrected chi connectivity index (χ3v) is 10.5. The Morgan fingerprint density at radius 3 is 2.75 bits per heavy atom. The molecule has 0 amide bonds. The summed E-state index contributed by atoms with van der Waals surface area (Å²) in [6.07, 6.45) is 10.4. The number of hydrogen-bond donors (Lipinski definition) is 0. The highest BCUT2D eigenvalue weighted by molar-refractivity contribution is 5.57. The van der Waals surface area contributed by atoms with Gasteiger partial charge in [0.15, 0.2) is 11.5 Å². The molecule has 4 heteroatoms. The first-order valence-electron chi connectivity index (χ1n) is 14.4. The standard InChI is InChI=1S/C32H41NO3/c1-34-28-11-5-10-27-29(28)36-30-25-14-15-31(22-33(20-24-12-13-24)17-16-32(27,30)31)26(19-25)21-35-18-6-9-23-7-3-2-4-8-23/h2-5,7-8,10-11,24-26,30H,6,9,12-22H2,1H3. The predicted octanol–water partition coefficient (Wildman–Crippen LogP) is 5.88. The molecule has 4 aliphatic carbocycles. The van der Waals surface area contributed by atoms with Crippen molar-refractivity contribution >= 4 is 0 Å². The third-order valence-electron chi connectivity index (χ3n) is 10.5. The van der Waals surface area contributed by atoms with Crippen molar-refractivity contribution in [3.8, 4) is 11.5 Å². The summed E-state index contributed by atoms with van der Waals surface area (Å²) in [5, 5.41) is 0. The zero-order valence-electron chi connectivity index (χ0n) is 21.8. The number of fused-ring (bicyclic) bond motifs is 3. The minimum atomic E-state index is 0.107. The van der Waals surface area contributed by atoms with Gasteiger partial charge in [0.05, 0.1) is 13.7 Å². The number of methoxy groups -OCH3 is 1. The topological polar surface area (TPSA) is 30.9 Å². The molecule has 2 aromatic carbocycles. The van der Waals surface area contributed by atoms with Crippen molar-refractivity contribution < 1.29 is 14.2 Å². The Morgan fingerprint density at radius 1 is 1.03 bits per heavy atom. The van der Waals surface area contributed by atoms with E-state index in [0.29, 0.717) is 17.9 Å². The van der Waals surface area contributed by atoms with Gasteiger partial charge < -0.3 is 19.1 Å². The quantitative estimate of drug-likeness (QED) is 0.414. The van der Waals surface area contributed by atoms with Crippen molar-refractivity contribution in [1.29, 1.82) is 0 Å². The number of ether oxygens (including phenoxy) is 3. The second-order valence-electron chi connectivity index (χ2n) is 12.3. The summed E-state index contributed by atoms with van der Waals surface area (Å²) < 4.78 is 19.2. The Hall–Kier alpha value is -2.04. The predicted molar refractivity (Wildman–Crippen MR) is 142 cm³/mol. The van der Waals surface area contributed by atoms with Gasteiger partial charge in [0.2, 0.25) is 0 Å². The van der Waals surface area contributed by atoms with Crippen molar-refractivity contribution in [2.75, 3.05) is 40.0 Å². The van der Waals surface area contributed by atoms with E-state index >= 15 is 0 Å². The van der Waals surface area contributed by atoms with Crippen molar-refractivity contribution in [3.63, 3.8) is 0 Å². The number of aryl methyl sites for hydroxylation is 1. The SMILES string of the molecule is COc1cccc2c1OC1C3CCC4(CN(CC5CC5)CCC214)C(COCCCc1ccccc1)C3. The molecule has 2 heterocycles. The number of hydrogen-bond acceptors (Lipinski definition) is 4. The van der Waals surface area contributed by atoms with Gasteiger partial charge in [0, 0.05) is 36.1 Å². The van der Waals surface area contributed by atoms with E-state index in [1.54, 1.807) is 7.11 Å². The molecule has 4 nitrogen and oxygen atoms in total. The number of para-hydroxylation sites is 1. The van der Waals surface area contributed by atoms with Gasteiger partial charge in [0.1, 0.15) is 6.10 Å². The number of rotatable bonds is 9. The van der Waals surface area contributed by atoms with Crippen LogP contribution in [0.15, 0.2) is 48.5 Å². The monoisotopic (exact) mass is 487 g/mol. The molecule has 0 radical (unpaired) electrons. The molecule has 0 N–H and O–H groups in total. The minimum Gasteiger partial charge on any atom is -0.493 e. The highest BCUT2D eigenvalue weighted by atomic mass is 16.5. The fourth-order valence-electron chi connectivity index (χ4n) is 8.78. The zero-order valence-corrected chi connectivity index (χ0v) is 21.8.